The molecule has 1 amide bonds. The SMILES string of the molecule is CC/C=C/C=C/C=C\C=C/CCCC(CC(=O)NC(CO)C(O)CCCCCCCCCCCCCCCCCC)OC(=O)CC/C=C/C/C=C/C/C=C/C/C=C/C/C=C/CC. The third kappa shape index (κ3) is 43.2. The van der Waals surface area contributed by atoms with Gasteiger partial charge in [-0.05, 0) is 70.6 Å². The van der Waals surface area contributed by atoms with Crippen LogP contribution in [0.3, 0.4) is 0 Å². The number of aliphatic hydroxyl groups is 2. The van der Waals surface area contributed by atoms with Gasteiger partial charge < -0.3 is 20.3 Å². The van der Waals surface area contributed by atoms with Crippen molar-refractivity contribution in [3.05, 3.63) is 109 Å². The van der Waals surface area contributed by atoms with E-state index in [1.54, 1.807) is 0 Å². The van der Waals surface area contributed by atoms with Gasteiger partial charge in [0.1, 0.15) is 6.10 Å². The van der Waals surface area contributed by atoms with Crippen LogP contribution < -0.4 is 5.32 Å². The van der Waals surface area contributed by atoms with Gasteiger partial charge in [0.25, 0.3) is 0 Å². The van der Waals surface area contributed by atoms with Crippen LogP contribution in [-0.4, -0.2) is 46.9 Å². The summed E-state index contributed by atoms with van der Waals surface area (Å²) >= 11 is 0. The number of nitrogens with one attached hydrogen (secondary N) is 1. The second-order valence-corrected chi connectivity index (χ2v) is 16.5. The first-order chi connectivity index (χ1) is 30.5. The summed E-state index contributed by atoms with van der Waals surface area (Å²) in [4.78, 5) is 26.0. The highest BCUT2D eigenvalue weighted by Crippen LogP contribution is 2.16. The Bertz CT molecular complexity index is 1280. The maximum Gasteiger partial charge on any atom is 0.306 e. The van der Waals surface area contributed by atoms with E-state index in [0.29, 0.717) is 19.3 Å². The molecule has 0 aliphatic carbocycles. The van der Waals surface area contributed by atoms with Crippen LogP contribution in [-0.2, 0) is 14.3 Å². The van der Waals surface area contributed by atoms with Crippen molar-refractivity contribution in [1.29, 1.82) is 0 Å². The lowest BCUT2D eigenvalue weighted by Gasteiger charge is -2.24. The number of carbonyl (C=O) groups excluding carboxylic acids is 2. The molecular weight excluding hydrogens is 767 g/mol. The molecule has 3 N–H and O–H groups in total. The van der Waals surface area contributed by atoms with Gasteiger partial charge in [-0.25, -0.2) is 0 Å². The standard InChI is InChI=1S/C56H93NO5/c1-4-7-10-13-16-19-22-24-26-28-30-33-36-39-42-45-48-54(59)53(51-58)57-55(60)50-52(47-44-41-38-35-32-21-18-15-12-9-6-3)62-56(61)49-46-43-40-37-34-31-29-27-25-23-20-17-14-11-8-5-2/h8-9,11-12,15,17-18,20-21,25,27,31-32,34-35,38,40,43,52-54,58-59H,4-7,10,13-14,16,19,22-24,26,28-30,33,36-37,39,41-42,44-51H2,1-3H3,(H,57,60)/b11-8+,12-9+,18-15+,20-17+,27-25+,32-21-,34-31+,38-35-,43-40+. The zero-order valence-electron chi connectivity index (χ0n) is 40.0. The molecule has 0 aliphatic rings. The van der Waals surface area contributed by atoms with Gasteiger partial charge in [0.2, 0.25) is 5.91 Å². The van der Waals surface area contributed by atoms with Crippen molar-refractivity contribution in [3.63, 3.8) is 0 Å². The van der Waals surface area contributed by atoms with Crippen molar-refractivity contribution in [3.8, 4) is 0 Å². The fourth-order valence-corrected chi connectivity index (χ4v) is 6.97. The van der Waals surface area contributed by atoms with E-state index in [0.717, 1.165) is 70.6 Å². The number of rotatable bonds is 43. The molecule has 3 unspecified atom stereocenters. The minimum Gasteiger partial charge on any atom is -0.462 e. The van der Waals surface area contributed by atoms with Crippen LogP contribution in [0.25, 0.3) is 0 Å². The number of allylic oxidation sites excluding steroid dienone is 18. The monoisotopic (exact) mass is 860 g/mol. The Balaban J connectivity index is 4.70. The molecule has 0 heterocycles. The number of amides is 1. The fourth-order valence-electron chi connectivity index (χ4n) is 6.97. The maximum atomic E-state index is 13.2. The van der Waals surface area contributed by atoms with E-state index < -0.39 is 18.2 Å². The molecule has 0 saturated carbocycles. The Labute approximate surface area is 381 Å². The Morgan fingerprint density at radius 2 is 0.952 bits per heavy atom. The second-order valence-electron chi connectivity index (χ2n) is 16.5. The lowest BCUT2D eigenvalue weighted by Crippen LogP contribution is -2.46. The number of carbonyl (C=O) groups is 2. The molecule has 352 valence electrons. The maximum absolute atomic E-state index is 13.2. The average Bonchev–Trinajstić information content (AvgIpc) is 3.26. The van der Waals surface area contributed by atoms with Crippen molar-refractivity contribution in [2.24, 2.45) is 0 Å². The number of hydrogen-bond acceptors (Lipinski definition) is 5. The van der Waals surface area contributed by atoms with Crippen LogP contribution in [0.5, 0.6) is 0 Å². The minimum absolute atomic E-state index is 0.00460. The van der Waals surface area contributed by atoms with E-state index >= 15 is 0 Å². The number of ether oxygens (including phenoxy) is 1. The molecule has 0 rings (SSSR count). The molecule has 0 aromatic rings. The number of aliphatic hydroxyl groups excluding tert-OH is 2. The van der Waals surface area contributed by atoms with Gasteiger partial charge in [-0.1, -0.05) is 233 Å². The zero-order chi connectivity index (χ0) is 45.2. The summed E-state index contributed by atoms with van der Waals surface area (Å²) in [7, 11) is 0. The molecule has 0 bridgehead atoms. The quantitative estimate of drug-likeness (QED) is 0.0246. The number of unbranched alkanes of at least 4 members (excludes halogenated alkanes) is 16. The molecule has 0 saturated heterocycles. The van der Waals surface area contributed by atoms with Crippen LogP contribution >= 0.6 is 0 Å². The molecule has 0 spiro atoms. The average molecular weight is 860 g/mol. The smallest absolute Gasteiger partial charge is 0.306 e. The van der Waals surface area contributed by atoms with Crippen molar-refractivity contribution in [2.75, 3.05) is 6.61 Å². The summed E-state index contributed by atoms with van der Waals surface area (Å²) in [6.45, 7) is 6.18. The van der Waals surface area contributed by atoms with Gasteiger partial charge in [0.05, 0.1) is 25.2 Å². The lowest BCUT2D eigenvalue weighted by molar-refractivity contribution is -0.150. The van der Waals surface area contributed by atoms with E-state index in [9.17, 15) is 19.8 Å². The van der Waals surface area contributed by atoms with E-state index in [2.05, 4.69) is 92.9 Å². The van der Waals surface area contributed by atoms with Crippen LogP contribution in [0, 0.1) is 0 Å². The Kier molecular flexibility index (Phi) is 45.8. The van der Waals surface area contributed by atoms with E-state index in [4.69, 9.17) is 4.74 Å². The summed E-state index contributed by atoms with van der Waals surface area (Å²) < 4.78 is 5.83. The summed E-state index contributed by atoms with van der Waals surface area (Å²) in [5.74, 6) is -0.652. The lowest BCUT2D eigenvalue weighted by atomic mass is 10.0. The zero-order valence-corrected chi connectivity index (χ0v) is 40.0. The molecule has 0 aromatic heterocycles. The van der Waals surface area contributed by atoms with Gasteiger partial charge >= 0.3 is 5.97 Å². The van der Waals surface area contributed by atoms with Crippen LogP contribution in [0.15, 0.2) is 109 Å². The van der Waals surface area contributed by atoms with Gasteiger partial charge in [-0.15, -0.1) is 0 Å². The van der Waals surface area contributed by atoms with Crippen LogP contribution in [0.4, 0.5) is 0 Å². The Hall–Kier alpha value is -3.48. The highest BCUT2D eigenvalue weighted by molar-refractivity contribution is 5.77. The molecule has 0 aliphatic heterocycles. The van der Waals surface area contributed by atoms with Crippen molar-refractivity contribution < 1.29 is 24.5 Å². The van der Waals surface area contributed by atoms with Crippen molar-refractivity contribution in [1.82, 2.24) is 5.32 Å². The first-order valence-electron chi connectivity index (χ1n) is 25.2. The predicted octanol–water partition coefficient (Wildman–Crippen LogP) is 15.1. The molecule has 0 radical (unpaired) electrons. The topological polar surface area (TPSA) is 95.9 Å². The van der Waals surface area contributed by atoms with Crippen molar-refractivity contribution >= 4 is 11.9 Å². The molecule has 0 fully saturated rings. The third-order valence-corrected chi connectivity index (χ3v) is 10.7. The molecule has 6 heteroatoms. The van der Waals surface area contributed by atoms with Crippen molar-refractivity contribution in [2.45, 2.75) is 225 Å². The fraction of sp³-hybridized carbons (Fsp3) is 0.643. The van der Waals surface area contributed by atoms with Gasteiger partial charge in [-0.2, -0.15) is 0 Å². The predicted molar refractivity (Wildman–Crippen MR) is 268 cm³/mol. The molecule has 6 nitrogen and oxygen atoms in total. The van der Waals surface area contributed by atoms with E-state index in [1.807, 2.05) is 42.5 Å². The third-order valence-electron chi connectivity index (χ3n) is 10.7. The van der Waals surface area contributed by atoms with Gasteiger partial charge in [0.15, 0.2) is 0 Å². The first kappa shape index (κ1) is 58.5. The van der Waals surface area contributed by atoms with E-state index in [1.165, 1.54) is 83.5 Å². The minimum atomic E-state index is -0.823. The summed E-state index contributed by atoms with van der Waals surface area (Å²) in [6, 6.07) is -0.744. The normalized spacial score (nSPS) is 14.2. The van der Waals surface area contributed by atoms with Crippen LogP contribution in [0.2, 0.25) is 0 Å². The van der Waals surface area contributed by atoms with Crippen LogP contribution in [0.1, 0.15) is 207 Å². The second kappa shape index (κ2) is 48.6. The van der Waals surface area contributed by atoms with E-state index in [-0.39, 0.29) is 31.3 Å². The Morgan fingerprint density at radius 3 is 1.45 bits per heavy atom. The molecule has 0 aromatic carbocycles. The number of hydrogen-bond donors (Lipinski definition) is 3. The molecule has 62 heavy (non-hydrogen) atoms. The highest BCUT2D eigenvalue weighted by atomic mass is 16.5. The summed E-state index contributed by atoms with van der Waals surface area (Å²) in [6.07, 6.45) is 66.0. The molecule has 3 atom stereocenters. The highest BCUT2D eigenvalue weighted by Gasteiger charge is 2.23. The Morgan fingerprint density at radius 1 is 0.500 bits per heavy atom. The largest absolute Gasteiger partial charge is 0.462 e. The van der Waals surface area contributed by atoms with Gasteiger partial charge in [0, 0.05) is 6.42 Å². The van der Waals surface area contributed by atoms with Gasteiger partial charge in [-0.3, -0.25) is 9.59 Å². The summed E-state index contributed by atoms with van der Waals surface area (Å²) in [5.41, 5.74) is 0. The molecular formula is C56H93NO5. The summed E-state index contributed by atoms with van der Waals surface area (Å²) in [5, 5.41) is 23.7. The first-order valence-corrected chi connectivity index (χ1v) is 25.2. The number of esters is 1.